The maximum absolute atomic E-state index is 11.7. The quantitative estimate of drug-likeness (QED) is 0.817. The molecule has 123 valence electrons. The van der Waals surface area contributed by atoms with Gasteiger partial charge in [-0.05, 0) is 30.9 Å². The molecule has 0 amide bonds. The van der Waals surface area contributed by atoms with E-state index in [1.807, 2.05) is 12.3 Å². The monoisotopic (exact) mass is 337 g/mol. The van der Waals surface area contributed by atoms with E-state index in [0.29, 0.717) is 24.0 Å². The van der Waals surface area contributed by atoms with E-state index in [1.165, 1.54) is 19.3 Å². The summed E-state index contributed by atoms with van der Waals surface area (Å²) in [6.07, 6.45) is 11.7. The second kappa shape index (κ2) is 8.65. The number of carbonyl (C=O) groups is 1. The summed E-state index contributed by atoms with van der Waals surface area (Å²) in [5, 5.41) is 9.57. The van der Waals surface area contributed by atoms with E-state index < -0.39 is 11.9 Å². The van der Waals surface area contributed by atoms with Crippen LogP contribution in [0.5, 0.6) is 0 Å². The molecular weight excluding hydrogens is 315 g/mol. The van der Waals surface area contributed by atoms with Gasteiger partial charge in [0.15, 0.2) is 0 Å². The molecule has 1 fully saturated rings. The Morgan fingerprint density at radius 2 is 2.04 bits per heavy atom. The fourth-order valence-corrected chi connectivity index (χ4v) is 3.22. The van der Waals surface area contributed by atoms with E-state index >= 15 is 0 Å². The van der Waals surface area contributed by atoms with Gasteiger partial charge < -0.3 is 15.4 Å². The summed E-state index contributed by atoms with van der Waals surface area (Å²) in [4.78, 5) is 20.0. The molecule has 3 rings (SSSR count). The van der Waals surface area contributed by atoms with Gasteiger partial charge in [0.05, 0.1) is 12.0 Å². The first-order valence-electron chi connectivity index (χ1n) is 8.10. The van der Waals surface area contributed by atoms with E-state index in [0.717, 1.165) is 18.4 Å². The number of nitrogens with zero attached hydrogens (tertiary/aromatic N) is 3. The van der Waals surface area contributed by atoms with Crippen LogP contribution in [0.15, 0.2) is 30.9 Å². The van der Waals surface area contributed by atoms with Crippen molar-refractivity contribution in [3.8, 4) is 0 Å². The van der Waals surface area contributed by atoms with Crippen molar-refractivity contribution in [2.45, 2.75) is 50.5 Å². The van der Waals surface area contributed by atoms with E-state index in [9.17, 15) is 9.90 Å². The van der Waals surface area contributed by atoms with Crippen molar-refractivity contribution in [1.29, 1.82) is 0 Å². The number of carboxylic acid groups (broad SMARTS) is 1. The van der Waals surface area contributed by atoms with Crippen molar-refractivity contribution in [3.63, 3.8) is 0 Å². The Bertz CT molecular complexity index is 665. The van der Waals surface area contributed by atoms with Crippen LogP contribution in [0.2, 0.25) is 0 Å². The van der Waals surface area contributed by atoms with Crippen LogP contribution in [0.25, 0.3) is 0 Å². The molecule has 7 heteroatoms. The van der Waals surface area contributed by atoms with Gasteiger partial charge in [-0.3, -0.25) is 4.79 Å². The summed E-state index contributed by atoms with van der Waals surface area (Å²) in [5.74, 6) is -1.09. The molecule has 2 aromatic rings. The van der Waals surface area contributed by atoms with Crippen LogP contribution in [0, 0.1) is 0 Å². The van der Waals surface area contributed by atoms with Crippen molar-refractivity contribution >= 4 is 41.3 Å². The van der Waals surface area contributed by atoms with Crippen LogP contribution in [0.4, 0.5) is 5.82 Å². The zero-order chi connectivity index (χ0) is 16.2. The van der Waals surface area contributed by atoms with Crippen LogP contribution >= 0.6 is 0 Å². The number of aliphatic carboxylic acids is 1. The molecule has 2 heterocycles. The number of hydrogen-bond acceptors (Lipinski definition) is 4. The van der Waals surface area contributed by atoms with Crippen LogP contribution < -0.4 is 5.73 Å². The number of nitrogens with two attached hydrogens (primary N) is 1. The van der Waals surface area contributed by atoms with Gasteiger partial charge in [-0.25, -0.2) is 9.97 Å². The summed E-state index contributed by atoms with van der Waals surface area (Å²) < 4.78 is 2.09. The molecular formula is C17H22N4NaO2. The minimum atomic E-state index is -0.865. The number of anilines is 1. The van der Waals surface area contributed by atoms with Crippen molar-refractivity contribution in [1.82, 2.24) is 14.5 Å². The van der Waals surface area contributed by atoms with Crippen molar-refractivity contribution < 1.29 is 9.90 Å². The predicted molar refractivity (Wildman–Crippen MR) is 92.8 cm³/mol. The fourth-order valence-electron chi connectivity index (χ4n) is 3.22. The fraction of sp³-hybridized carbons (Fsp3) is 0.471. The first-order chi connectivity index (χ1) is 11.1. The smallest absolute Gasteiger partial charge is 0.312 e. The molecule has 3 N–H and O–H groups in total. The van der Waals surface area contributed by atoms with Gasteiger partial charge in [-0.2, -0.15) is 0 Å². The van der Waals surface area contributed by atoms with E-state index in [2.05, 4.69) is 14.5 Å². The first kappa shape index (κ1) is 19.0. The van der Waals surface area contributed by atoms with Gasteiger partial charge in [-0.1, -0.05) is 25.3 Å². The number of hydrogen-bond donors (Lipinski definition) is 2. The Labute approximate surface area is 163 Å². The Morgan fingerprint density at radius 3 is 2.67 bits per heavy atom. The summed E-state index contributed by atoms with van der Waals surface area (Å²) in [6.45, 7) is 0. The predicted octanol–water partition coefficient (Wildman–Crippen LogP) is 2.40. The molecule has 0 saturated heterocycles. The molecule has 0 unspecified atom stereocenters. The first-order valence-corrected chi connectivity index (χ1v) is 8.10. The molecule has 6 nitrogen and oxygen atoms in total. The molecule has 24 heavy (non-hydrogen) atoms. The largest absolute Gasteiger partial charge is 0.481 e. The number of rotatable bonds is 5. The molecule has 0 bridgehead atoms. The molecule has 2 aromatic heterocycles. The molecule has 1 aliphatic carbocycles. The SMILES string of the molecule is Nc1ccc(C[C@@H](C(=O)O)c2cn(C3CCCCC3)cn2)cn1.[Na]. The average molecular weight is 337 g/mol. The van der Waals surface area contributed by atoms with Crippen LogP contribution in [0.1, 0.15) is 55.3 Å². The number of imidazole rings is 1. The summed E-state index contributed by atoms with van der Waals surface area (Å²) in [6, 6.07) is 3.96. The summed E-state index contributed by atoms with van der Waals surface area (Å²) in [7, 11) is 0. The van der Waals surface area contributed by atoms with Gasteiger partial charge in [-0.15, -0.1) is 0 Å². The van der Waals surface area contributed by atoms with Gasteiger partial charge in [0.2, 0.25) is 0 Å². The Morgan fingerprint density at radius 1 is 1.29 bits per heavy atom. The third-order valence-electron chi connectivity index (χ3n) is 4.56. The molecule has 0 aliphatic heterocycles. The van der Waals surface area contributed by atoms with Gasteiger partial charge >= 0.3 is 5.97 Å². The number of carboxylic acids is 1. The molecule has 1 atom stereocenters. The third-order valence-corrected chi connectivity index (χ3v) is 4.56. The minimum Gasteiger partial charge on any atom is -0.481 e. The Kier molecular flexibility index (Phi) is 6.83. The molecule has 1 radical (unpaired) electrons. The Balaban J connectivity index is 0.00000208. The summed E-state index contributed by atoms with van der Waals surface area (Å²) in [5.41, 5.74) is 7.03. The molecule has 1 aliphatic rings. The zero-order valence-electron chi connectivity index (χ0n) is 14.1. The Hall–Kier alpha value is -1.37. The third kappa shape index (κ3) is 4.59. The van der Waals surface area contributed by atoms with Crippen molar-refractivity contribution in [3.05, 3.63) is 42.1 Å². The van der Waals surface area contributed by atoms with Crippen molar-refractivity contribution in [2.24, 2.45) is 0 Å². The topological polar surface area (TPSA) is 94.0 Å². The normalized spacial score (nSPS) is 16.3. The minimum absolute atomic E-state index is 0. The number of pyridine rings is 1. The second-order valence-corrected chi connectivity index (χ2v) is 6.22. The van der Waals surface area contributed by atoms with Gasteiger partial charge in [0.1, 0.15) is 11.7 Å². The standard InChI is InChI=1S/C17H22N4O2.Na/c18-16-7-6-12(9-19-16)8-14(17(22)23)15-10-21(11-20-15)13-4-2-1-3-5-13;/h6-7,9-11,13-14H,1-5,8H2,(H2,18,19)(H,22,23);/t14-;/m1./s1. The van der Waals surface area contributed by atoms with Crippen LogP contribution in [-0.4, -0.2) is 55.2 Å². The van der Waals surface area contributed by atoms with Crippen LogP contribution in [0.3, 0.4) is 0 Å². The van der Waals surface area contributed by atoms with E-state index in [1.54, 1.807) is 18.6 Å². The number of nitrogen functional groups attached to an aromatic ring is 1. The number of aromatic nitrogens is 3. The maximum Gasteiger partial charge on any atom is 0.312 e. The summed E-state index contributed by atoms with van der Waals surface area (Å²) >= 11 is 0. The van der Waals surface area contributed by atoms with Gasteiger partial charge in [0.25, 0.3) is 0 Å². The average Bonchev–Trinajstić information content (AvgIpc) is 3.04. The molecule has 1 saturated carbocycles. The molecule has 0 spiro atoms. The molecule has 0 aromatic carbocycles. The van der Waals surface area contributed by atoms with Gasteiger partial charge in [0, 0.05) is 48.0 Å². The maximum atomic E-state index is 11.7. The van der Waals surface area contributed by atoms with Crippen LogP contribution in [-0.2, 0) is 11.2 Å². The van der Waals surface area contributed by atoms with Crippen molar-refractivity contribution in [2.75, 3.05) is 5.73 Å². The second-order valence-electron chi connectivity index (χ2n) is 6.22. The zero-order valence-corrected chi connectivity index (χ0v) is 16.1. The van der Waals surface area contributed by atoms with E-state index in [-0.39, 0.29) is 29.6 Å². The van der Waals surface area contributed by atoms with E-state index in [4.69, 9.17) is 5.73 Å².